The van der Waals surface area contributed by atoms with E-state index in [1.165, 1.54) is 11.3 Å². The lowest BCUT2D eigenvalue weighted by Crippen LogP contribution is -2.76. The predicted octanol–water partition coefficient (Wildman–Crippen LogP) is 2.10. The molecule has 0 amide bonds. The number of hydrogen-bond acceptors (Lipinski definition) is 2. The van der Waals surface area contributed by atoms with Crippen LogP contribution in [0.25, 0.3) is 0 Å². The van der Waals surface area contributed by atoms with Gasteiger partial charge in [0.15, 0.2) is 0 Å². The molecule has 0 bridgehead atoms. The smallest absolute Gasteiger partial charge is 0.130 e. The standard InChI is InChI=1S/C15H17NO2/c1-17-14-7-3-12(4-8-14)11-16-13-5-9-15(18-2)10-6-13/h3-10,16H,11H2,1-2H3/p+1. The zero-order valence-electron chi connectivity index (χ0n) is 10.7. The molecule has 0 unspecified atom stereocenters. The summed E-state index contributed by atoms with van der Waals surface area (Å²) in [5.74, 6) is 1.78. The van der Waals surface area contributed by atoms with Crippen molar-refractivity contribution in [3.63, 3.8) is 0 Å². The van der Waals surface area contributed by atoms with Gasteiger partial charge in [-0.3, -0.25) is 0 Å². The van der Waals surface area contributed by atoms with E-state index in [2.05, 4.69) is 29.6 Å². The van der Waals surface area contributed by atoms with Crippen molar-refractivity contribution in [2.45, 2.75) is 6.54 Å². The van der Waals surface area contributed by atoms with Crippen LogP contribution in [-0.4, -0.2) is 14.2 Å². The fourth-order valence-electron chi connectivity index (χ4n) is 1.74. The van der Waals surface area contributed by atoms with Crippen LogP contribution in [0, 0.1) is 0 Å². The van der Waals surface area contributed by atoms with Crippen molar-refractivity contribution in [2.75, 3.05) is 14.2 Å². The van der Waals surface area contributed by atoms with Crippen LogP contribution in [0.3, 0.4) is 0 Å². The van der Waals surface area contributed by atoms with E-state index in [1.807, 2.05) is 24.3 Å². The SMILES string of the molecule is COc1ccc(C[NH2+]c2ccc(OC)cc2)cc1. The van der Waals surface area contributed by atoms with Gasteiger partial charge in [0.05, 0.1) is 14.2 Å². The quantitative estimate of drug-likeness (QED) is 0.817. The fraction of sp³-hybridized carbons (Fsp3) is 0.200. The molecule has 0 aliphatic carbocycles. The van der Waals surface area contributed by atoms with E-state index in [0.29, 0.717) is 0 Å². The highest BCUT2D eigenvalue weighted by Gasteiger charge is 2.00. The first-order chi connectivity index (χ1) is 8.81. The summed E-state index contributed by atoms with van der Waals surface area (Å²) in [7, 11) is 3.36. The molecule has 0 aliphatic rings. The van der Waals surface area contributed by atoms with Crippen molar-refractivity contribution in [1.29, 1.82) is 0 Å². The summed E-state index contributed by atoms with van der Waals surface area (Å²) in [6.07, 6.45) is 0. The molecular weight excluding hydrogens is 226 g/mol. The van der Waals surface area contributed by atoms with Crippen molar-refractivity contribution in [3.05, 3.63) is 54.1 Å². The summed E-state index contributed by atoms with van der Waals surface area (Å²) >= 11 is 0. The molecule has 0 saturated carbocycles. The lowest BCUT2D eigenvalue weighted by molar-refractivity contribution is -0.588. The summed E-state index contributed by atoms with van der Waals surface area (Å²) in [6.45, 7) is 0.913. The summed E-state index contributed by atoms with van der Waals surface area (Å²) in [5, 5.41) is 2.20. The molecule has 3 nitrogen and oxygen atoms in total. The van der Waals surface area contributed by atoms with Gasteiger partial charge in [-0.15, -0.1) is 0 Å². The number of rotatable bonds is 5. The molecule has 0 fully saturated rings. The van der Waals surface area contributed by atoms with Crippen LogP contribution < -0.4 is 14.8 Å². The van der Waals surface area contributed by atoms with E-state index in [4.69, 9.17) is 9.47 Å². The second-order valence-electron chi connectivity index (χ2n) is 4.03. The molecule has 0 radical (unpaired) electrons. The van der Waals surface area contributed by atoms with Gasteiger partial charge in [0.2, 0.25) is 0 Å². The number of quaternary nitrogens is 1. The molecule has 18 heavy (non-hydrogen) atoms. The van der Waals surface area contributed by atoms with Gasteiger partial charge < -0.3 is 14.8 Å². The Morgan fingerprint density at radius 2 is 1.28 bits per heavy atom. The second kappa shape index (κ2) is 6.07. The molecule has 0 aromatic heterocycles. The lowest BCUT2D eigenvalue weighted by atomic mass is 10.2. The first kappa shape index (κ1) is 12.5. The third-order valence-electron chi connectivity index (χ3n) is 2.85. The average Bonchev–Trinajstić information content (AvgIpc) is 2.46. The van der Waals surface area contributed by atoms with E-state index in [-0.39, 0.29) is 0 Å². The zero-order chi connectivity index (χ0) is 12.8. The normalized spacial score (nSPS) is 10.1. The van der Waals surface area contributed by atoms with Gasteiger partial charge in [0.1, 0.15) is 23.7 Å². The molecule has 2 N–H and O–H groups in total. The van der Waals surface area contributed by atoms with E-state index < -0.39 is 0 Å². The van der Waals surface area contributed by atoms with Gasteiger partial charge in [0.25, 0.3) is 0 Å². The van der Waals surface area contributed by atoms with Crippen molar-refractivity contribution in [3.8, 4) is 11.5 Å². The van der Waals surface area contributed by atoms with Crippen LogP contribution in [0.2, 0.25) is 0 Å². The highest BCUT2D eigenvalue weighted by atomic mass is 16.5. The Kier molecular flexibility index (Phi) is 4.20. The Hall–Kier alpha value is -2.00. The Balaban J connectivity index is 1.93. The topological polar surface area (TPSA) is 35.1 Å². The van der Waals surface area contributed by atoms with Gasteiger partial charge in [-0.1, -0.05) is 0 Å². The van der Waals surface area contributed by atoms with Crippen LogP contribution in [0.15, 0.2) is 48.5 Å². The minimum atomic E-state index is 0.886. The Morgan fingerprint density at radius 3 is 1.78 bits per heavy atom. The van der Waals surface area contributed by atoms with Crippen molar-refractivity contribution in [2.24, 2.45) is 0 Å². The third kappa shape index (κ3) is 3.25. The largest absolute Gasteiger partial charge is 0.497 e. The number of methoxy groups -OCH3 is 2. The van der Waals surface area contributed by atoms with Crippen LogP contribution in [0.5, 0.6) is 11.5 Å². The van der Waals surface area contributed by atoms with Crippen LogP contribution in [0.4, 0.5) is 5.69 Å². The maximum Gasteiger partial charge on any atom is 0.130 e. The van der Waals surface area contributed by atoms with Crippen molar-refractivity contribution in [1.82, 2.24) is 0 Å². The third-order valence-corrected chi connectivity index (χ3v) is 2.85. The molecule has 2 rings (SSSR count). The molecule has 0 saturated heterocycles. The van der Waals surface area contributed by atoms with Gasteiger partial charge in [-0.05, 0) is 36.4 Å². The summed E-state index contributed by atoms with van der Waals surface area (Å²) in [6, 6.07) is 16.2. The maximum absolute atomic E-state index is 5.13. The summed E-state index contributed by atoms with van der Waals surface area (Å²) < 4.78 is 10.3. The number of nitrogens with two attached hydrogens (primary N) is 1. The Morgan fingerprint density at radius 1 is 0.778 bits per heavy atom. The molecule has 0 spiro atoms. The Bertz CT molecular complexity index is 429. The van der Waals surface area contributed by atoms with Crippen LogP contribution in [0.1, 0.15) is 5.56 Å². The number of ether oxygens (including phenoxy) is 2. The summed E-state index contributed by atoms with van der Waals surface area (Å²) in [4.78, 5) is 0. The second-order valence-corrected chi connectivity index (χ2v) is 4.03. The molecule has 2 aromatic carbocycles. The van der Waals surface area contributed by atoms with Crippen LogP contribution in [-0.2, 0) is 6.54 Å². The minimum absolute atomic E-state index is 0.886. The zero-order valence-corrected chi connectivity index (χ0v) is 10.7. The summed E-state index contributed by atoms with van der Waals surface area (Å²) in [5.41, 5.74) is 2.47. The molecule has 94 valence electrons. The molecule has 0 aliphatic heterocycles. The molecule has 0 heterocycles. The molecule has 2 aromatic rings. The molecular formula is C15H18NO2+. The van der Waals surface area contributed by atoms with E-state index >= 15 is 0 Å². The Labute approximate surface area is 107 Å². The van der Waals surface area contributed by atoms with E-state index in [1.54, 1.807) is 14.2 Å². The predicted molar refractivity (Wildman–Crippen MR) is 71.3 cm³/mol. The fourth-order valence-corrected chi connectivity index (χ4v) is 1.74. The number of benzene rings is 2. The van der Waals surface area contributed by atoms with Crippen molar-refractivity contribution < 1.29 is 14.8 Å². The van der Waals surface area contributed by atoms with Gasteiger partial charge in [0, 0.05) is 17.7 Å². The van der Waals surface area contributed by atoms with Gasteiger partial charge in [-0.2, -0.15) is 0 Å². The minimum Gasteiger partial charge on any atom is -0.497 e. The van der Waals surface area contributed by atoms with Gasteiger partial charge in [-0.25, -0.2) is 0 Å². The maximum atomic E-state index is 5.13. The average molecular weight is 244 g/mol. The van der Waals surface area contributed by atoms with E-state index in [9.17, 15) is 0 Å². The van der Waals surface area contributed by atoms with Crippen molar-refractivity contribution >= 4 is 5.69 Å². The van der Waals surface area contributed by atoms with E-state index in [0.717, 1.165) is 18.0 Å². The number of hydrogen-bond donors (Lipinski definition) is 1. The first-order valence-corrected chi connectivity index (χ1v) is 5.92. The van der Waals surface area contributed by atoms with Gasteiger partial charge >= 0.3 is 0 Å². The molecule has 3 heteroatoms. The molecule has 0 atom stereocenters. The highest BCUT2D eigenvalue weighted by molar-refractivity contribution is 5.35. The first-order valence-electron chi connectivity index (χ1n) is 5.92. The van der Waals surface area contributed by atoms with Crippen LogP contribution >= 0.6 is 0 Å². The lowest BCUT2D eigenvalue weighted by Gasteiger charge is -2.04. The monoisotopic (exact) mass is 244 g/mol. The highest BCUT2D eigenvalue weighted by Crippen LogP contribution is 2.12.